The monoisotopic (exact) mass is 408 g/mol. The zero-order valence-electron chi connectivity index (χ0n) is 17.3. The van der Waals surface area contributed by atoms with E-state index >= 15 is 0 Å². The lowest BCUT2D eigenvalue weighted by atomic mass is 10.0. The van der Waals surface area contributed by atoms with Crippen LogP contribution >= 0.6 is 0 Å². The predicted molar refractivity (Wildman–Crippen MR) is 114 cm³/mol. The number of morpholine rings is 1. The molecule has 0 spiro atoms. The Hall–Kier alpha value is -2.50. The second-order valence-corrected chi connectivity index (χ2v) is 8.60. The molecule has 0 N–H and O–H groups in total. The Morgan fingerprint density at radius 2 is 1.77 bits per heavy atom. The molecule has 30 heavy (non-hydrogen) atoms. The van der Waals surface area contributed by atoms with Gasteiger partial charge < -0.3 is 9.64 Å². The van der Waals surface area contributed by atoms with E-state index in [2.05, 4.69) is 20.9 Å². The number of fused-ring (bicyclic) bond motifs is 1. The second kappa shape index (κ2) is 8.32. The molecule has 3 fully saturated rings. The number of piperidine rings is 1. The highest BCUT2D eigenvalue weighted by atomic mass is 16.5. The lowest BCUT2D eigenvalue weighted by Gasteiger charge is -2.40. The maximum absolute atomic E-state index is 13.0. The van der Waals surface area contributed by atoms with E-state index in [0.29, 0.717) is 17.6 Å². The SMILES string of the molecule is N#Cc1cc2cnc(N3CCC(N4CCOCC4)CC3)nc2n(C2CCCC2)c1=O. The van der Waals surface area contributed by atoms with Crippen molar-refractivity contribution >= 4 is 17.0 Å². The number of pyridine rings is 1. The molecule has 0 unspecified atom stereocenters. The summed E-state index contributed by atoms with van der Waals surface area (Å²) in [7, 11) is 0. The van der Waals surface area contributed by atoms with E-state index in [1.54, 1.807) is 16.8 Å². The summed E-state index contributed by atoms with van der Waals surface area (Å²) in [6.45, 7) is 5.53. The van der Waals surface area contributed by atoms with Crippen molar-refractivity contribution in [2.45, 2.75) is 50.6 Å². The summed E-state index contributed by atoms with van der Waals surface area (Å²) in [5, 5.41) is 10.2. The molecule has 0 aromatic carbocycles. The van der Waals surface area contributed by atoms with Gasteiger partial charge in [0, 0.05) is 49.8 Å². The molecule has 2 aromatic rings. The molecule has 8 heteroatoms. The fourth-order valence-electron chi connectivity index (χ4n) is 5.22. The quantitative estimate of drug-likeness (QED) is 0.768. The van der Waals surface area contributed by atoms with Gasteiger partial charge in [0.25, 0.3) is 5.56 Å². The van der Waals surface area contributed by atoms with Crippen molar-refractivity contribution in [3.8, 4) is 6.07 Å². The Balaban J connectivity index is 1.43. The Bertz CT molecular complexity index is 1010. The number of anilines is 1. The number of nitriles is 1. The molecule has 0 radical (unpaired) electrons. The molecule has 2 aliphatic heterocycles. The van der Waals surface area contributed by atoms with Gasteiger partial charge in [-0.25, -0.2) is 4.98 Å². The average molecular weight is 409 g/mol. The lowest BCUT2D eigenvalue weighted by molar-refractivity contribution is 0.0114. The van der Waals surface area contributed by atoms with Crippen LogP contribution in [-0.2, 0) is 4.74 Å². The van der Waals surface area contributed by atoms with E-state index in [4.69, 9.17) is 9.72 Å². The smallest absolute Gasteiger partial charge is 0.270 e. The standard InChI is InChI=1S/C22H28N6O2/c23-14-16-13-17-15-24-22(25-20(17)28(21(16)29)19-3-1-2-4-19)27-7-5-18(6-8-27)26-9-11-30-12-10-26/h13,15,18-19H,1-12H2. The summed E-state index contributed by atoms with van der Waals surface area (Å²) in [6, 6.07) is 4.41. The number of aromatic nitrogens is 3. The van der Waals surface area contributed by atoms with Gasteiger partial charge in [0.1, 0.15) is 17.3 Å². The van der Waals surface area contributed by atoms with E-state index in [1.807, 2.05) is 0 Å². The molecule has 0 atom stereocenters. The van der Waals surface area contributed by atoms with E-state index < -0.39 is 0 Å². The van der Waals surface area contributed by atoms with E-state index in [9.17, 15) is 10.1 Å². The first-order chi connectivity index (χ1) is 14.7. The number of ether oxygens (including phenoxy) is 1. The normalized spacial score (nSPS) is 21.9. The molecule has 1 saturated carbocycles. The Kier molecular flexibility index (Phi) is 5.40. The van der Waals surface area contributed by atoms with Crippen LogP contribution in [0.1, 0.15) is 50.1 Å². The van der Waals surface area contributed by atoms with Crippen LogP contribution in [-0.4, -0.2) is 64.9 Å². The highest BCUT2D eigenvalue weighted by molar-refractivity contribution is 5.77. The van der Waals surface area contributed by atoms with Crippen molar-refractivity contribution in [1.82, 2.24) is 19.4 Å². The zero-order valence-corrected chi connectivity index (χ0v) is 17.3. The van der Waals surface area contributed by atoms with Crippen molar-refractivity contribution in [1.29, 1.82) is 5.26 Å². The van der Waals surface area contributed by atoms with Crippen LogP contribution in [0.5, 0.6) is 0 Å². The number of hydrogen-bond donors (Lipinski definition) is 0. The second-order valence-electron chi connectivity index (χ2n) is 8.60. The summed E-state index contributed by atoms with van der Waals surface area (Å²) in [6.07, 6.45) is 8.11. The Morgan fingerprint density at radius 1 is 1.03 bits per heavy atom. The van der Waals surface area contributed by atoms with Gasteiger partial charge in [-0.3, -0.25) is 14.3 Å². The molecule has 3 aliphatic rings. The van der Waals surface area contributed by atoms with Crippen LogP contribution in [0.15, 0.2) is 17.1 Å². The summed E-state index contributed by atoms with van der Waals surface area (Å²) in [5.41, 5.74) is 0.635. The van der Waals surface area contributed by atoms with Crippen molar-refractivity contribution in [2.24, 2.45) is 0 Å². The van der Waals surface area contributed by atoms with Gasteiger partial charge in [-0.15, -0.1) is 0 Å². The van der Waals surface area contributed by atoms with Crippen molar-refractivity contribution in [3.05, 3.63) is 28.2 Å². The van der Waals surface area contributed by atoms with Crippen molar-refractivity contribution in [2.75, 3.05) is 44.3 Å². The summed E-state index contributed by atoms with van der Waals surface area (Å²) in [4.78, 5) is 27.2. The van der Waals surface area contributed by atoms with Crippen LogP contribution in [0.4, 0.5) is 5.95 Å². The third-order valence-corrected chi connectivity index (χ3v) is 6.88. The first-order valence-corrected chi connectivity index (χ1v) is 11.1. The fraction of sp³-hybridized carbons (Fsp3) is 0.636. The third-order valence-electron chi connectivity index (χ3n) is 6.88. The molecule has 8 nitrogen and oxygen atoms in total. The van der Waals surface area contributed by atoms with Gasteiger partial charge in [0.15, 0.2) is 0 Å². The highest BCUT2D eigenvalue weighted by Gasteiger charge is 2.28. The van der Waals surface area contributed by atoms with E-state index in [0.717, 1.165) is 83.3 Å². The molecule has 2 aromatic heterocycles. The molecule has 0 bridgehead atoms. The minimum Gasteiger partial charge on any atom is -0.379 e. The maximum atomic E-state index is 13.0. The zero-order chi connectivity index (χ0) is 20.5. The molecule has 158 valence electrons. The minimum absolute atomic E-state index is 0.128. The third kappa shape index (κ3) is 3.57. The van der Waals surface area contributed by atoms with Gasteiger partial charge in [0.2, 0.25) is 5.95 Å². The maximum Gasteiger partial charge on any atom is 0.270 e. The molecule has 1 aliphatic carbocycles. The molecular formula is C22H28N6O2. The fourth-order valence-corrected chi connectivity index (χ4v) is 5.22. The average Bonchev–Trinajstić information content (AvgIpc) is 3.33. The number of hydrogen-bond acceptors (Lipinski definition) is 7. The molecule has 5 rings (SSSR count). The first-order valence-electron chi connectivity index (χ1n) is 11.1. The highest BCUT2D eigenvalue weighted by Crippen LogP contribution is 2.31. The first kappa shape index (κ1) is 19.5. The number of rotatable bonds is 3. The van der Waals surface area contributed by atoms with Gasteiger partial charge in [-0.05, 0) is 31.7 Å². The van der Waals surface area contributed by atoms with E-state index in [-0.39, 0.29) is 17.2 Å². The van der Waals surface area contributed by atoms with Gasteiger partial charge in [-0.1, -0.05) is 12.8 Å². The Morgan fingerprint density at radius 3 is 2.47 bits per heavy atom. The largest absolute Gasteiger partial charge is 0.379 e. The van der Waals surface area contributed by atoms with E-state index in [1.165, 1.54) is 0 Å². The summed E-state index contributed by atoms with van der Waals surface area (Å²) >= 11 is 0. The van der Waals surface area contributed by atoms with Gasteiger partial charge >= 0.3 is 0 Å². The van der Waals surface area contributed by atoms with Crippen molar-refractivity contribution < 1.29 is 4.74 Å². The topological polar surface area (TPSA) is 87.3 Å². The number of nitrogens with zero attached hydrogens (tertiary/aromatic N) is 6. The van der Waals surface area contributed by atoms with Crippen LogP contribution in [0, 0.1) is 11.3 Å². The lowest BCUT2D eigenvalue weighted by Crippen LogP contribution is -2.49. The molecule has 2 saturated heterocycles. The van der Waals surface area contributed by atoms with Gasteiger partial charge in [-0.2, -0.15) is 10.2 Å². The van der Waals surface area contributed by atoms with Crippen LogP contribution in [0.2, 0.25) is 0 Å². The predicted octanol–water partition coefficient (Wildman–Crippen LogP) is 2.08. The summed E-state index contributed by atoms with van der Waals surface area (Å²) < 4.78 is 7.25. The van der Waals surface area contributed by atoms with Crippen LogP contribution in [0.25, 0.3) is 11.0 Å². The van der Waals surface area contributed by atoms with Crippen molar-refractivity contribution in [3.63, 3.8) is 0 Å². The van der Waals surface area contributed by atoms with Crippen LogP contribution < -0.4 is 10.5 Å². The minimum atomic E-state index is -0.215. The molecule has 4 heterocycles. The molecule has 0 amide bonds. The Labute approximate surface area is 176 Å². The van der Waals surface area contributed by atoms with Crippen LogP contribution in [0.3, 0.4) is 0 Å². The molecular weight excluding hydrogens is 380 g/mol. The summed E-state index contributed by atoms with van der Waals surface area (Å²) in [5.74, 6) is 0.693. The van der Waals surface area contributed by atoms with Gasteiger partial charge in [0.05, 0.1) is 13.2 Å².